The van der Waals surface area contributed by atoms with E-state index in [2.05, 4.69) is 9.84 Å². The Bertz CT molecular complexity index is 546. The normalized spacial score (nSPS) is 22.7. The van der Waals surface area contributed by atoms with E-state index in [0.29, 0.717) is 12.8 Å². The number of nitrogens with zero attached hydrogens (tertiary/aromatic N) is 2. The molecule has 0 aromatic rings. The number of alkyl halides is 3. The molecule has 0 atom stereocenters. The van der Waals surface area contributed by atoms with Gasteiger partial charge in [-0.1, -0.05) is 19.3 Å². The Morgan fingerprint density at radius 3 is 2.36 bits per heavy atom. The first-order valence-electron chi connectivity index (χ1n) is 7.06. The number of rotatable bonds is 2. The molecule has 122 valence electrons. The largest absolute Gasteiger partial charge is 0.465 e. The third kappa shape index (κ3) is 3.00. The number of hydrogen-bond acceptors (Lipinski definition) is 4. The van der Waals surface area contributed by atoms with Crippen LogP contribution in [0.15, 0.2) is 16.2 Å². The number of esters is 1. The Morgan fingerprint density at radius 1 is 1.27 bits per heavy atom. The Morgan fingerprint density at radius 2 is 1.86 bits per heavy atom. The van der Waals surface area contributed by atoms with Crippen molar-refractivity contribution < 1.29 is 27.5 Å². The van der Waals surface area contributed by atoms with Gasteiger partial charge in [0.05, 0.1) is 24.4 Å². The summed E-state index contributed by atoms with van der Waals surface area (Å²) in [5.74, 6) is -2.45. The molecule has 1 fully saturated rings. The average Bonchev–Trinajstić information content (AvgIpc) is 2.75. The van der Waals surface area contributed by atoms with Gasteiger partial charge in [0.2, 0.25) is 0 Å². The maximum Gasteiger partial charge on any atom is 0.424 e. The van der Waals surface area contributed by atoms with Crippen LogP contribution < -0.4 is 0 Å². The molecular weight excluding hydrogens is 301 g/mol. The molecule has 0 bridgehead atoms. The third-order valence-electron chi connectivity index (χ3n) is 3.89. The summed E-state index contributed by atoms with van der Waals surface area (Å²) in [7, 11) is 0.847. The summed E-state index contributed by atoms with van der Waals surface area (Å²) in [6.45, 7) is 1.30. The van der Waals surface area contributed by atoms with Crippen LogP contribution in [0.5, 0.6) is 0 Å². The molecule has 1 aliphatic carbocycles. The molecule has 5 nitrogen and oxygen atoms in total. The van der Waals surface area contributed by atoms with Gasteiger partial charge in [-0.3, -0.25) is 4.79 Å². The van der Waals surface area contributed by atoms with E-state index < -0.39 is 29.2 Å². The van der Waals surface area contributed by atoms with Crippen LogP contribution in [0, 0.1) is 0 Å². The van der Waals surface area contributed by atoms with Crippen molar-refractivity contribution in [1.29, 1.82) is 0 Å². The van der Waals surface area contributed by atoms with Gasteiger partial charge < -0.3 is 4.74 Å². The summed E-state index contributed by atoms with van der Waals surface area (Å²) in [5.41, 5.74) is -2.39. The van der Waals surface area contributed by atoms with Crippen LogP contribution in [-0.2, 0) is 14.3 Å². The Balaban J connectivity index is 2.42. The highest BCUT2D eigenvalue weighted by Gasteiger charge is 2.47. The quantitative estimate of drug-likeness (QED) is 0.581. The zero-order valence-electron chi connectivity index (χ0n) is 12.4. The fourth-order valence-electron chi connectivity index (χ4n) is 2.85. The highest BCUT2D eigenvalue weighted by atomic mass is 19.4. The summed E-state index contributed by atoms with van der Waals surface area (Å²) < 4.78 is 43.6. The van der Waals surface area contributed by atoms with E-state index in [1.54, 1.807) is 0 Å². The zero-order chi connectivity index (χ0) is 16.5. The summed E-state index contributed by atoms with van der Waals surface area (Å²) >= 11 is 0. The third-order valence-corrected chi connectivity index (χ3v) is 3.89. The number of carbonyl (C=O) groups is 2. The van der Waals surface area contributed by atoms with E-state index >= 15 is 0 Å². The lowest BCUT2D eigenvalue weighted by Crippen LogP contribution is -2.36. The molecule has 1 saturated carbocycles. The first-order valence-corrected chi connectivity index (χ1v) is 7.06. The van der Waals surface area contributed by atoms with E-state index in [1.807, 2.05) is 0 Å². The van der Waals surface area contributed by atoms with Gasteiger partial charge in [-0.15, -0.1) is 0 Å². The van der Waals surface area contributed by atoms with Crippen molar-refractivity contribution >= 4 is 17.6 Å². The molecule has 0 radical (unpaired) electrons. The number of ether oxygens (including phenoxy) is 1. The molecule has 1 aliphatic heterocycles. The first-order chi connectivity index (χ1) is 10.3. The fraction of sp³-hybridized carbons (Fsp3) is 0.643. The topological polar surface area (TPSA) is 59.0 Å². The van der Waals surface area contributed by atoms with E-state index in [4.69, 9.17) is 0 Å². The molecule has 0 aromatic heterocycles. The van der Waals surface area contributed by atoms with Crippen LogP contribution in [0.4, 0.5) is 13.2 Å². The number of hydrogen-bond donors (Lipinski definition) is 0. The minimum Gasteiger partial charge on any atom is -0.465 e. The van der Waals surface area contributed by atoms with Crippen molar-refractivity contribution in [3.8, 4) is 0 Å². The number of amides is 1. The summed E-state index contributed by atoms with van der Waals surface area (Å²) in [6, 6.07) is -0.208. The van der Waals surface area contributed by atoms with Crippen molar-refractivity contribution in [3.05, 3.63) is 11.1 Å². The van der Waals surface area contributed by atoms with Crippen LogP contribution in [0.25, 0.3) is 0 Å². The molecule has 22 heavy (non-hydrogen) atoms. The van der Waals surface area contributed by atoms with Gasteiger partial charge in [-0.05, 0) is 19.8 Å². The number of hydrazone groups is 1. The van der Waals surface area contributed by atoms with Gasteiger partial charge in [0.25, 0.3) is 5.91 Å². The van der Waals surface area contributed by atoms with Gasteiger partial charge in [0.15, 0.2) is 5.57 Å². The molecule has 2 rings (SSSR count). The summed E-state index contributed by atoms with van der Waals surface area (Å²) in [4.78, 5) is 23.9. The highest BCUT2D eigenvalue weighted by molar-refractivity contribution is 6.27. The van der Waals surface area contributed by atoms with Crippen LogP contribution in [0.2, 0.25) is 0 Å². The first kappa shape index (κ1) is 16.5. The van der Waals surface area contributed by atoms with Gasteiger partial charge >= 0.3 is 12.1 Å². The lowest BCUT2D eigenvalue weighted by Gasteiger charge is -2.28. The standard InChI is InChI=1S/C14H17F3N2O3/c1-8-10(11(13(21)22-2)14(15,16)17)12(20)19(18-8)9-6-4-3-5-7-9/h9H,3-7H2,1-2H3/b11-10-. The second kappa shape index (κ2) is 6.10. The van der Waals surface area contributed by atoms with Crippen molar-refractivity contribution in [3.63, 3.8) is 0 Å². The van der Waals surface area contributed by atoms with Gasteiger partial charge in [-0.25, -0.2) is 9.80 Å². The van der Waals surface area contributed by atoms with Crippen molar-refractivity contribution in [2.24, 2.45) is 5.10 Å². The second-order valence-corrected chi connectivity index (χ2v) is 5.37. The van der Waals surface area contributed by atoms with E-state index in [9.17, 15) is 22.8 Å². The van der Waals surface area contributed by atoms with Crippen molar-refractivity contribution in [2.75, 3.05) is 7.11 Å². The zero-order valence-corrected chi connectivity index (χ0v) is 12.4. The fourth-order valence-corrected chi connectivity index (χ4v) is 2.85. The van der Waals surface area contributed by atoms with E-state index in [1.165, 1.54) is 6.92 Å². The molecule has 2 aliphatic rings. The molecule has 1 heterocycles. The van der Waals surface area contributed by atoms with Crippen LogP contribution in [-0.4, -0.2) is 41.9 Å². The molecule has 0 aromatic carbocycles. The van der Waals surface area contributed by atoms with Crippen LogP contribution in [0.3, 0.4) is 0 Å². The molecule has 1 amide bonds. The maximum atomic E-state index is 13.1. The average molecular weight is 318 g/mol. The van der Waals surface area contributed by atoms with Gasteiger partial charge in [0, 0.05) is 0 Å². The predicted octanol–water partition coefficient (Wildman–Crippen LogP) is 2.57. The number of carbonyl (C=O) groups excluding carboxylic acids is 2. The smallest absolute Gasteiger partial charge is 0.424 e. The Kier molecular flexibility index (Phi) is 4.58. The van der Waals surface area contributed by atoms with Crippen molar-refractivity contribution in [1.82, 2.24) is 5.01 Å². The monoisotopic (exact) mass is 318 g/mol. The predicted molar refractivity (Wildman–Crippen MR) is 71.9 cm³/mol. The lowest BCUT2D eigenvalue weighted by atomic mass is 9.94. The Hall–Kier alpha value is -1.86. The molecule has 0 saturated heterocycles. The molecular formula is C14H17F3N2O3. The van der Waals surface area contributed by atoms with Gasteiger partial charge in [0.1, 0.15) is 0 Å². The molecule has 8 heteroatoms. The van der Waals surface area contributed by atoms with E-state index in [-0.39, 0.29) is 11.8 Å². The van der Waals surface area contributed by atoms with Gasteiger partial charge in [-0.2, -0.15) is 18.3 Å². The summed E-state index contributed by atoms with van der Waals surface area (Å²) in [5, 5.41) is 5.06. The minimum absolute atomic E-state index is 0.103. The van der Waals surface area contributed by atoms with Crippen molar-refractivity contribution in [2.45, 2.75) is 51.2 Å². The lowest BCUT2D eigenvalue weighted by molar-refractivity contribution is -0.149. The highest BCUT2D eigenvalue weighted by Crippen LogP contribution is 2.34. The number of methoxy groups -OCH3 is 1. The minimum atomic E-state index is -4.97. The summed E-state index contributed by atoms with van der Waals surface area (Å²) in [6.07, 6.45) is -0.710. The molecule has 0 N–H and O–H groups in total. The Labute approximate surface area is 125 Å². The molecule has 0 spiro atoms. The van der Waals surface area contributed by atoms with E-state index in [0.717, 1.165) is 31.4 Å². The second-order valence-electron chi connectivity index (χ2n) is 5.37. The SMILES string of the molecule is COC(=O)/C(=C1/C(=O)N(C2CCCCC2)N=C1C)C(F)(F)F. The molecule has 0 unspecified atom stereocenters. The number of halogens is 3. The van der Waals surface area contributed by atoms with Crippen LogP contribution in [0.1, 0.15) is 39.0 Å². The maximum absolute atomic E-state index is 13.1. The van der Waals surface area contributed by atoms with Crippen LogP contribution >= 0.6 is 0 Å².